The lowest BCUT2D eigenvalue weighted by Crippen LogP contribution is -2.39. The van der Waals surface area contributed by atoms with E-state index in [9.17, 15) is 4.39 Å². The van der Waals surface area contributed by atoms with Gasteiger partial charge in [0, 0.05) is 17.0 Å². The summed E-state index contributed by atoms with van der Waals surface area (Å²) in [6.07, 6.45) is 1.85. The quantitative estimate of drug-likeness (QED) is 0.570. The van der Waals surface area contributed by atoms with Crippen molar-refractivity contribution < 1.29 is 9.13 Å². The van der Waals surface area contributed by atoms with Crippen LogP contribution in [0.2, 0.25) is 0 Å². The standard InChI is InChI=1S/C14H23FN2OS/c1-4-10(2)19-9-12(17-16)7-11-5-6-14(18-3)13(15)8-11/h5-6,8,10,12,17H,4,7,9,16H2,1-3H3. The zero-order valence-corrected chi connectivity index (χ0v) is 12.6. The zero-order valence-electron chi connectivity index (χ0n) is 11.8. The number of nitrogens with two attached hydrogens (primary N) is 1. The molecule has 19 heavy (non-hydrogen) atoms. The van der Waals surface area contributed by atoms with Gasteiger partial charge in [-0.05, 0) is 30.5 Å². The highest BCUT2D eigenvalue weighted by atomic mass is 32.2. The smallest absolute Gasteiger partial charge is 0.165 e. The highest BCUT2D eigenvalue weighted by Gasteiger charge is 2.12. The van der Waals surface area contributed by atoms with E-state index in [0.717, 1.165) is 17.7 Å². The first-order chi connectivity index (χ1) is 9.10. The molecule has 0 amide bonds. The molecule has 0 radical (unpaired) electrons. The van der Waals surface area contributed by atoms with E-state index in [0.29, 0.717) is 11.7 Å². The SMILES string of the molecule is CCC(C)SCC(Cc1ccc(OC)c(F)c1)NN. The van der Waals surface area contributed by atoms with Crippen molar-refractivity contribution in [1.29, 1.82) is 0 Å². The van der Waals surface area contributed by atoms with E-state index in [2.05, 4.69) is 19.3 Å². The molecule has 0 saturated carbocycles. The van der Waals surface area contributed by atoms with Crippen molar-refractivity contribution in [2.45, 2.75) is 38.0 Å². The number of hydrogen-bond donors (Lipinski definition) is 2. The van der Waals surface area contributed by atoms with Crippen molar-refractivity contribution in [3.8, 4) is 5.75 Å². The number of benzene rings is 1. The third-order valence-electron chi connectivity index (χ3n) is 3.09. The fourth-order valence-corrected chi connectivity index (χ4v) is 2.70. The fraction of sp³-hybridized carbons (Fsp3) is 0.571. The lowest BCUT2D eigenvalue weighted by molar-refractivity contribution is 0.386. The number of nitrogens with one attached hydrogen (secondary N) is 1. The molecule has 0 aliphatic rings. The Morgan fingerprint density at radius 3 is 2.74 bits per heavy atom. The molecule has 1 rings (SSSR count). The van der Waals surface area contributed by atoms with Crippen LogP contribution < -0.4 is 16.0 Å². The second kappa shape index (κ2) is 8.40. The molecule has 2 atom stereocenters. The summed E-state index contributed by atoms with van der Waals surface area (Å²) in [5, 5.41) is 0.614. The number of thioether (sulfide) groups is 1. The minimum atomic E-state index is -0.328. The normalized spacial score (nSPS) is 14.2. The molecule has 0 bridgehead atoms. The van der Waals surface area contributed by atoms with Crippen molar-refractivity contribution >= 4 is 11.8 Å². The van der Waals surface area contributed by atoms with Gasteiger partial charge in [-0.3, -0.25) is 11.3 Å². The number of ether oxygens (including phenoxy) is 1. The summed E-state index contributed by atoms with van der Waals surface area (Å²) in [6.45, 7) is 4.37. The Labute approximate surface area is 119 Å². The van der Waals surface area contributed by atoms with Crippen molar-refractivity contribution in [1.82, 2.24) is 5.43 Å². The maximum Gasteiger partial charge on any atom is 0.165 e. The molecule has 3 N–H and O–H groups in total. The highest BCUT2D eigenvalue weighted by molar-refractivity contribution is 7.99. The average Bonchev–Trinajstić information content (AvgIpc) is 2.43. The molecule has 0 fully saturated rings. The van der Waals surface area contributed by atoms with E-state index in [1.54, 1.807) is 6.07 Å². The molecule has 2 unspecified atom stereocenters. The van der Waals surface area contributed by atoms with Crippen molar-refractivity contribution in [2.75, 3.05) is 12.9 Å². The molecule has 0 aliphatic heterocycles. The molecular formula is C14H23FN2OS. The molecule has 3 nitrogen and oxygen atoms in total. The topological polar surface area (TPSA) is 47.3 Å². The predicted octanol–water partition coefficient (Wildman–Crippen LogP) is 2.74. The largest absolute Gasteiger partial charge is 0.494 e. The van der Waals surface area contributed by atoms with Crippen molar-refractivity contribution in [2.24, 2.45) is 5.84 Å². The summed E-state index contributed by atoms with van der Waals surface area (Å²) in [5.41, 5.74) is 3.73. The maximum atomic E-state index is 13.6. The van der Waals surface area contributed by atoms with Crippen LogP contribution in [0.15, 0.2) is 18.2 Å². The number of hydrazine groups is 1. The van der Waals surface area contributed by atoms with Crippen LogP contribution in [0, 0.1) is 5.82 Å². The van der Waals surface area contributed by atoms with E-state index < -0.39 is 0 Å². The highest BCUT2D eigenvalue weighted by Crippen LogP contribution is 2.20. The molecule has 5 heteroatoms. The Kier molecular flexibility index (Phi) is 7.20. The summed E-state index contributed by atoms with van der Waals surface area (Å²) in [6, 6.07) is 5.18. The molecular weight excluding hydrogens is 263 g/mol. The van der Waals surface area contributed by atoms with Gasteiger partial charge in [0.1, 0.15) is 0 Å². The van der Waals surface area contributed by atoms with Crippen LogP contribution in [-0.4, -0.2) is 24.2 Å². The first-order valence-corrected chi connectivity index (χ1v) is 7.55. The molecule has 0 spiro atoms. The molecule has 0 aromatic heterocycles. The molecule has 0 saturated heterocycles. The van der Waals surface area contributed by atoms with Gasteiger partial charge in [0.05, 0.1) is 7.11 Å². The van der Waals surface area contributed by atoms with Crippen molar-refractivity contribution in [3.63, 3.8) is 0 Å². The van der Waals surface area contributed by atoms with Crippen LogP contribution in [0.25, 0.3) is 0 Å². The van der Waals surface area contributed by atoms with Crippen LogP contribution in [-0.2, 0) is 6.42 Å². The number of hydrogen-bond acceptors (Lipinski definition) is 4. The summed E-state index contributed by atoms with van der Waals surface area (Å²) in [4.78, 5) is 0. The first-order valence-electron chi connectivity index (χ1n) is 6.50. The Morgan fingerprint density at radius 1 is 1.47 bits per heavy atom. The Balaban J connectivity index is 2.57. The maximum absolute atomic E-state index is 13.6. The van der Waals surface area contributed by atoms with Crippen molar-refractivity contribution in [3.05, 3.63) is 29.6 Å². The molecule has 1 aromatic rings. The van der Waals surface area contributed by atoms with Gasteiger partial charge in [-0.25, -0.2) is 4.39 Å². The number of methoxy groups -OCH3 is 1. The Hall–Kier alpha value is -0.780. The van der Waals surface area contributed by atoms with E-state index in [1.807, 2.05) is 17.8 Å². The summed E-state index contributed by atoms with van der Waals surface area (Å²) < 4.78 is 18.5. The summed E-state index contributed by atoms with van der Waals surface area (Å²) in [7, 11) is 1.46. The average molecular weight is 286 g/mol. The van der Waals surface area contributed by atoms with Gasteiger partial charge < -0.3 is 4.74 Å². The molecule has 1 aromatic carbocycles. The van der Waals surface area contributed by atoms with Gasteiger partial charge >= 0.3 is 0 Å². The van der Waals surface area contributed by atoms with Crippen LogP contribution >= 0.6 is 11.8 Å². The minimum Gasteiger partial charge on any atom is -0.494 e. The van der Waals surface area contributed by atoms with Crippen LogP contribution in [0.4, 0.5) is 4.39 Å². The van der Waals surface area contributed by atoms with E-state index in [4.69, 9.17) is 10.6 Å². The Bertz CT molecular complexity index is 390. The third kappa shape index (κ3) is 5.38. The van der Waals surface area contributed by atoms with Crippen LogP contribution in [0.3, 0.4) is 0 Å². The fourth-order valence-electron chi connectivity index (χ4n) is 1.69. The van der Waals surface area contributed by atoms with Gasteiger partial charge in [0.25, 0.3) is 0 Å². The summed E-state index contributed by atoms with van der Waals surface area (Å²) in [5.74, 6) is 6.42. The van der Waals surface area contributed by atoms with Gasteiger partial charge in [-0.1, -0.05) is 19.9 Å². The monoisotopic (exact) mass is 286 g/mol. The van der Waals surface area contributed by atoms with Gasteiger partial charge in [0.2, 0.25) is 0 Å². The first kappa shape index (κ1) is 16.3. The molecule has 108 valence electrons. The van der Waals surface area contributed by atoms with Crippen LogP contribution in [0.1, 0.15) is 25.8 Å². The lowest BCUT2D eigenvalue weighted by atomic mass is 10.1. The predicted molar refractivity (Wildman–Crippen MR) is 80.0 cm³/mol. The lowest BCUT2D eigenvalue weighted by Gasteiger charge is -2.18. The number of rotatable bonds is 8. The zero-order chi connectivity index (χ0) is 14.3. The minimum absolute atomic E-state index is 0.145. The van der Waals surface area contributed by atoms with E-state index in [-0.39, 0.29) is 17.6 Å². The van der Waals surface area contributed by atoms with Crippen LogP contribution in [0.5, 0.6) is 5.75 Å². The molecule has 0 heterocycles. The molecule has 0 aliphatic carbocycles. The van der Waals surface area contributed by atoms with Gasteiger partial charge in [0.15, 0.2) is 11.6 Å². The third-order valence-corrected chi connectivity index (χ3v) is 4.59. The summed E-state index contributed by atoms with van der Waals surface area (Å²) >= 11 is 1.88. The number of halogens is 1. The second-order valence-electron chi connectivity index (χ2n) is 4.59. The Morgan fingerprint density at radius 2 is 2.21 bits per heavy atom. The van der Waals surface area contributed by atoms with Gasteiger partial charge in [-0.2, -0.15) is 11.8 Å². The van der Waals surface area contributed by atoms with E-state index >= 15 is 0 Å². The van der Waals surface area contributed by atoms with Gasteiger partial charge in [-0.15, -0.1) is 0 Å². The van der Waals surface area contributed by atoms with E-state index in [1.165, 1.54) is 13.2 Å². The second-order valence-corrected chi connectivity index (χ2v) is 6.06.